The van der Waals surface area contributed by atoms with Crippen molar-refractivity contribution in [1.82, 2.24) is 0 Å². The Morgan fingerprint density at radius 1 is 0.933 bits per heavy atom. The Kier molecular flexibility index (Phi) is 11.9. The molecule has 0 aliphatic rings. The zero-order valence-electron chi connectivity index (χ0n) is 10.5. The van der Waals surface area contributed by atoms with E-state index < -0.39 is 0 Å². The molecule has 2 nitrogen and oxygen atoms in total. The van der Waals surface area contributed by atoms with Crippen LogP contribution in [0.4, 0.5) is 0 Å². The fraction of sp³-hybridized carbons (Fsp3) is 1.00. The number of hydrogen-bond acceptors (Lipinski definition) is 2. The number of hydrogen-bond donors (Lipinski definition) is 1. The van der Waals surface area contributed by atoms with Gasteiger partial charge in [-0.05, 0) is 13.3 Å². The quantitative estimate of drug-likeness (QED) is 0.535. The Morgan fingerprint density at radius 3 is 2.13 bits per heavy atom. The van der Waals surface area contributed by atoms with Gasteiger partial charge in [0.15, 0.2) is 0 Å². The maximum absolute atomic E-state index is 9.50. The highest BCUT2D eigenvalue weighted by Gasteiger charge is 2.02. The molecule has 0 aromatic heterocycles. The van der Waals surface area contributed by atoms with Crippen LogP contribution in [0.2, 0.25) is 0 Å². The van der Waals surface area contributed by atoms with Crippen LogP contribution in [0.5, 0.6) is 0 Å². The lowest BCUT2D eigenvalue weighted by molar-refractivity contribution is 0.0368. The van der Waals surface area contributed by atoms with E-state index in [1.54, 1.807) is 0 Å². The first-order valence-electron chi connectivity index (χ1n) is 6.57. The van der Waals surface area contributed by atoms with Crippen molar-refractivity contribution < 1.29 is 9.84 Å². The molecule has 0 saturated carbocycles. The van der Waals surface area contributed by atoms with Crippen LogP contribution in [0.1, 0.15) is 65.2 Å². The van der Waals surface area contributed by atoms with E-state index in [9.17, 15) is 5.11 Å². The molecule has 0 aromatic carbocycles. The average Bonchev–Trinajstić information content (AvgIpc) is 2.25. The van der Waals surface area contributed by atoms with Crippen LogP contribution in [-0.2, 0) is 4.74 Å². The minimum atomic E-state index is -0.249. The zero-order chi connectivity index (χ0) is 11.4. The summed E-state index contributed by atoms with van der Waals surface area (Å²) in [7, 11) is 0. The molecule has 0 spiro atoms. The lowest BCUT2D eigenvalue weighted by Crippen LogP contribution is -2.14. The van der Waals surface area contributed by atoms with Gasteiger partial charge in [0.25, 0.3) is 0 Å². The van der Waals surface area contributed by atoms with Crippen LogP contribution in [0, 0.1) is 0 Å². The maximum Gasteiger partial charge on any atom is 0.0773 e. The van der Waals surface area contributed by atoms with E-state index in [1.807, 2.05) is 6.92 Å². The maximum atomic E-state index is 9.50. The van der Waals surface area contributed by atoms with Gasteiger partial charge in [-0.25, -0.2) is 0 Å². The molecule has 15 heavy (non-hydrogen) atoms. The standard InChI is InChI=1S/C13H28O2/c1-3-5-6-7-8-9-10-11-13(14)12-15-4-2/h13-14H,3-12H2,1-2H3. The Balaban J connectivity index is 3.02. The lowest BCUT2D eigenvalue weighted by Gasteiger charge is -2.09. The number of ether oxygens (including phenoxy) is 1. The van der Waals surface area contributed by atoms with E-state index in [0.29, 0.717) is 13.2 Å². The Bertz CT molecular complexity index is 115. The van der Waals surface area contributed by atoms with Gasteiger partial charge in [0.2, 0.25) is 0 Å². The van der Waals surface area contributed by atoms with E-state index in [0.717, 1.165) is 12.8 Å². The largest absolute Gasteiger partial charge is 0.391 e. The first-order valence-corrected chi connectivity index (χ1v) is 6.57. The second-order valence-corrected chi connectivity index (χ2v) is 4.22. The van der Waals surface area contributed by atoms with Gasteiger partial charge in [0, 0.05) is 6.61 Å². The van der Waals surface area contributed by atoms with E-state index in [-0.39, 0.29) is 6.10 Å². The Hall–Kier alpha value is -0.0800. The summed E-state index contributed by atoms with van der Waals surface area (Å²) < 4.78 is 5.16. The van der Waals surface area contributed by atoms with Crippen LogP contribution >= 0.6 is 0 Å². The third-order valence-electron chi connectivity index (χ3n) is 2.66. The molecule has 0 rings (SSSR count). The van der Waals surface area contributed by atoms with Gasteiger partial charge in [-0.15, -0.1) is 0 Å². The van der Waals surface area contributed by atoms with Crippen molar-refractivity contribution in [3.05, 3.63) is 0 Å². The van der Waals surface area contributed by atoms with E-state index in [1.165, 1.54) is 38.5 Å². The molecule has 0 heterocycles. The van der Waals surface area contributed by atoms with Gasteiger partial charge in [0.1, 0.15) is 0 Å². The minimum absolute atomic E-state index is 0.249. The normalized spacial score (nSPS) is 13.0. The summed E-state index contributed by atoms with van der Waals surface area (Å²) in [5, 5.41) is 9.50. The monoisotopic (exact) mass is 216 g/mol. The highest BCUT2D eigenvalue weighted by atomic mass is 16.5. The molecule has 1 N–H and O–H groups in total. The van der Waals surface area contributed by atoms with Gasteiger partial charge in [0.05, 0.1) is 12.7 Å². The fourth-order valence-corrected chi connectivity index (χ4v) is 1.67. The summed E-state index contributed by atoms with van der Waals surface area (Å²) in [6.45, 7) is 5.41. The number of aliphatic hydroxyl groups excluding tert-OH is 1. The van der Waals surface area contributed by atoms with Crippen LogP contribution in [0.3, 0.4) is 0 Å². The summed E-state index contributed by atoms with van der Waals surface area (Å²) in [6.07, 6.45) is 9.77. The second-order valence-electron chi connectivity index (χ2n) is 4.22. The molecule has 0 saturated heterocycles. The summed E-state index contributed by atoms with van der Waals surface area (Å²) in [5.74, 6) is 0. The molecular weight excluding hydrogens is 188 g/mol. The van der Waals surface area contributed by atoms with Gasteiger partial charge in [-0.1, -0.05) is 51.9 Å². The fourth-order valence-electron chi connectivity index (χ4n) is 1.67. The van der Waals surface area contributed by atoms with Gasteiger partial charge >= 0.3 is 0 Å². The molecule has 92 valence electrons. The first kappa shape index (κ1) is 14.9. The van der Waals surface area contributed by atoms with Crippen molar-refractivity contribution >= 4 is 0 Å². The highest BCUT2D eigenvalue weighted by Crippen LogP contribution is 2.09. The second kappa shape index (κ2) is 12.0. The smallest absolute Gasteiger partial charge is 0.0773 e. The molecule has 0 aliphatic heterocycles. The third-order valence-corrected chi connectivity index (χ3v) is 2.66. The molecule has 2 heteroatoms. The molecular formula is C13H28O2. The van der Waals surface area contributed by atoms with E-state index in [4.69, 9.17) is 4.74 Å². The SMILES string of the molecule is CCCCCCCCCC(O)COCC. The molecule has 0 fully saturated rings. The number of unbranched alkanes of at least 4 members (excludes halogenated alkanes) is 6. The van der Waals surface area contributed by atoms with Gasteiger partial charge in [-0.2, -0.15) is 0 Å². The Labute approximate surface area is 95.0 Å². The molecule has 0 bridgehead atoms. The van der Waals surface area contributed by atoms with Crippen molar-refractivity contribution in [2.24, 2.45) is 0 Å². The molecule has 1 atom stereocenters. The molecule has 1 unspecified atom stereocenters. The van der Waals surface area contributed by atoms with Crippen molar-refractivity contribution in [2.75, 3.05) is 13.2 Å². The van der Waals surface area contributed by atoms with Crippen LogP contribution in [0.15, 0.2) is 0 Å². The Morgan fingerprint density at radius 2 is 1.53 bits per heavy atom. The first-order chi connectivity index (χ1) is 7.31. The van der Waals surface area contributed by atoms with Crippen molar-refractivity contribution in [3.8, 4) is 0 Å². The molecule has 0 aromatic rings. The minimum Gasteiger partial charge on any atom is -0.391 e. The summed E-state index contributed by atoms with van der Waals surface area (Å²) in [5.41, 5.74) is 0. The van der Waals surface area contributed by atoms with Crippen LogP contribution < -0.4 is 0 Å². The van der Waals surface area contributed by atoms with Crippen molar-refractivity contribution in [2.45, 2.75) is 71.3 Å². The van der Waals surface area contributed by atoms with E-state index >= 15 is 0 Å². The van der Waals surface area contributed by atoms with Crippen molar-refractivity contribution in [3.63, 3.8) is 0 Å². The van der Waals surface area contributed by atoms with Crippen molar-refractivity contribution in [1.29, 1.82) is 0 Å². The summed E-state index contributed by atoms with van der Waals surface area (Å²) >= 11 is 0. The summed E-state index contributed by atoms with van der Waals surface area (Å²) in [6, 6.07) is 0. The third kappa shape index (κ3) is 11.8. The van der Waals surface area contributed by atoms with Gasteiger partial charge < -0.3 is 9.84 Å². The number of aliphatic hydroxyl groups is 1. The number of rotatable bonds is 11. The molecule has 0 radical (unpaired) electrons. The topological polar surface area (TPSA) is 29.5 Å². The zero-order valence-corrected chi connectivity index (χ0v) is 10.5. The van der Waals surface area contributed by atoms with Crippen LogP contribution in [0.25, 0.3) is 0 Å². The lowest BCUT2D eigenvalue weighted by atomic mass is 10.1. The predicted octanol–water partition coefficient (Wildman–Crippen LogP) is 3.52. The molecule has 0 amide bonds. The predicted molar refractivity (Wildman–Crippen MR) is 65.1 cm³/mol. The average molecular weight is 216 g/mol. The van der Waals surface area contributed by atoms with Gasteiger partial charge in [-0.3, -0.25) is 0 Å². The summed E-state index contributed by atoms with van der Waals surface area (Å²) in [4.78, 5) is 0. The molecule has 0 aliphatic carbocycles. The van der Waals surface area contributed by atoms with E-state index in [2.05, 4.69) is 6.92 Å². The highest BCUT2D eigenvalue weighted by molar-refractivity contribution is 4.54. The van der Waals surface area contributed by atoms with Crippen LogP contribution in [-0.4, -0.2) is 24.4 Å².